The second-order valence-electron chi connectivity index (χ2n) is 2.98. The molecule has 3 nitrogen and oxygen atoms in total. The van der Waals surface area contributed by atoms with Crippen LogP contribution in [0.5, 0.6) is 0 Å². The van der Waals surface area contributed by atoms with Crippen LogP contribution in [0, 0.1) is 11.6 Å². The molecule has 0 saturated heterocycles. The second-order valence-corrected chi connectivity index (χ2v) is 2.98. The Labute approximate surface area is 80.9 Å². The molecule has 0 aliphatic heterocycles. The van der Waals surface area contributed by atoms with Gasteiger partial charge >= 0.3 is 0 Å². The summed E-state index contributed by atoms with van der Waals surface area (Å²) in [7, 11) is 1.43. The van der Waals surface area contributed by atoms with Crippen molar-refractivity contribution in [1.29, 1.82) is 0 Å². The Morgan fingerprint density at radius 1 is 1.36 bits per heavy atom. The number of rotatable bonds is 3. The number of nitrogens with zero attached hydrogens (tertiary/aromatic N) is 1. The van der Waals surface area contributed by atoms with Gasteiger partial charge in [-0.05, 0) is 6.92 Å². The van der Waals surface area contributed by atoms with Crippen molar-refractivity contribution in [3.63, 3.8) is 0 Å². The molecule has 2 unspecified atom stereocenters. The summed E-state index contributed by atoms with van der Waals surface area (Å²) >= 11 is 0. The number of halogens is 2. The van der Waals surface area contributed by atoms with E-state index in [1.54, 1.807) is 6.92 Å². The first-order valence-electron chi connectivity index (χ1n) is 4.15. The molecule has 0 aliphatic rings. The minimum absolute atomic E-state index is 0.186. The molecule has 2 atom stereocenters. The first kappa shape index (κ1) is 11.0. The zero-order chi connectivity index (χ0) is 10.7. The molecular weight excluding hydrogens is 190 g/mol. The Morgan fingerprint density at radius 2 is 1.86 bits per heavy atom. The maximum absolute atomic E-state index is 13.2. The lowest BCUT2D eigenvalue weighted by Gasteiger charge is -2.19. The van der Waals surface area contributed by atoms with Gasteiger partial charge in [-0.15, -0.1) is 0 Å². The summed E-state index contributed by atoms with van der Waals surface area (Å²) in [6.45, 7) is 1.64. The van der Waals surface area contributed by atoms with Crippen molar-refractivity contribution in [2.75, 3.05) is 7.11 Å². The summed E-state index contributed by atoms with van der Waals surface area (Å²) in [5.41, 5.74) is 5.43. The van der Waals surface area contributed by atoms with Crippen LogP contribution in [0.3, 0.4) is 0 Å². The molecule has 0 bridgehead atoms. The summed E-state index contributed by atoms with van der Waals surface area (Å²) in [5, 5.41) is 0. The van der Waals surface area contributed by atoms with Gasteiger partial charge < -0.3 is 10.5 Å². The van der Waals surface area contributed by atoms with Crippen LogP contribution in [0.15, 0.2) is 12.4 Å². The van der Waals surface area contributed by atoms with Gasteiger partial charge in [-0.1, -0.05) is 0 Å². The van der Waals surface area contributed by atoms with Crippen molar-refractivity contribution in [3.05, 3.63) is 29.6 Å². The quantitative estimate of drug-likeness (QED) is 0.805. The van der Waals surface area contributed by atoms with Gasteiger partial charge in [-0.2, -0.15) is 0 Å². The van der Waals surface area contributed by atoms with E-state index in [0.29, 0.717) is 0 Å². The molecular formula is C9H12F2N2O. The third kappa shape index (κ3) is 2.05. The number of pyridine rings is 1. The fraction of sp³-hybridized carbons (Fsp3) is 0.444. The van der Waals surface area contributed by atoms with Crippen molar-refractivity contribution in [2.24, 2.45) is 5.73 Å². The topological polar surface area (TPSA) is 48.1 Å². The Bertz CT molecular complexity index is 299. The molecule has 0 saturated carbocycles. The van der Waals surface area contributed by atoms with Gasteiger partial charge in [-0.3, -0.25) is 4.98 Å². The maximum atomic E-state index is 13.2. The Morgan fingerprint density at radius 3 is 2.29 bits per heavy atom. The molecule has 0 radical (unpaired) electrons. The molecule has 1 rings (SSSR count). The largest absolute Gasteiger partial charge is 0.380 e. The van der Waals surface area contributed by atoms with Crippen LogP contribution >= 0.6 is 0 Å². The number of hydrogen-bond donors (Lipinski definition) is 1. The normalized spacial score (nSPS) is 15.2. The lowest BCUT2D eigenvalue weighted by atomic mass is 10.0. The summed E-state index contributed by atoms with van der Waals surface area (Å²) in [5.74, 6) is -1.50. The summed E-state index contributed by atoms with van der Waals surface area (Å²) in [6, 6.07) is -0.831. The predicted octanol–water partition coefficient (Wildman–Crippen LogP) is 1.39. The van der Waals surface area contributed by atoms with Crippen molar-refractivity contribution >= 4 is 0 Å². The zero-order valence-corrected chi connectivity index (χ0v) is 8.00. The number of aromatic nitrogens is 1. The van der Waals surface area contributed by atoms with Gasteiger partial charge in [-0.25, -0.2) is 8.78 Å². The van der Waals surface area contributed by atoms with E-state index in [9.17, 15) is 8.78 Å². The third-order valence-electron chi connectivity index (χ3n) is 2.10. The van der Waals surface area contributed by atoms with Crippen LogP contribution in [-0.2, 0) is 4.74 Å². The number of nitrogens with two attached hydrogens (primary N) is 1. The molecule has 2 N–H and O–H groups in total. The van der Waals surface area contributed by atoms with E-state index >= 15 is 0 Å². The van der Waals surface area contributed by atoms with Crippen molar-refractivity contribution < 1.29 is 13.5 Å². The molecule has 0 fully saturated rings. The summed E-state index contributed by atoms with van der Waals surface area (Å²) in [4.78, 5) is 3.37. The summed E-state index contributed by atoms with van der Waals surface area (Å²) in [6.07, 6.45) is 1.41. The first-order valence-corrected chi connectivity index (χ1v) is 4.15. The average Bonchev–Trinajstić information content (AvgIpc) is 2.16. The summed E-state index contributed by atoms with van der Waals surface area (Å²) < 4.78 is 31.2. The Balaban J connectivity index is 3.05. The molecule has 5 heteroatoms. The van der Waals surface area contributed by atoms with Crippen LogP contribution in [0.1, 0.15) is 18.5 Å². The SMILES string of the molecule is COC(C)C(N)c1c(F)cncc1F. The predicted molar refractivity (Wildman–Crippen MR) is 47.6 cm³/mol. The third-order valence-corrected chi connectivity index (χ3v) is 2.10. The second kappa shape index (κ2) is 4.43. The molecule has 0 amide bonds. The van der Waals surface area contributed by atoms with Crippen molar-refractivity contribution in [3.8, 4) is 0 Å². The highest BCUT2D eigenvalue weighted by molar-refractivity contribution is 5.20. The van der Waals surface area contributed by atoms with Crippen LogP contribution in [0.25, 0.3) is 0 Å². The molecule has 0 aliphatic carbocycles. The van der Waals surface area contributed by atoms with Crippen LogP contribution in [0.2, 0.25) is 0 Å². The maximum Gasteiger partial charge on any atom is 0.149 e. The average molecular weight is 202 g/mol. The highest BCUT2D eigenvalue weighted by Crippen LogP contribution is 2.21. The van der Waals surface area contributed by atoms with Gasteiger partial charge in [0.05, 0.1) is 24.5 Å². The Kier molecular flexibility index (Phi) is 3.49. The molecule has 0 spiro atoms. The number of methoxy groups -OCH3 is 1. The molecule has 0 aromatic carbocycles. The minimum Gasteiger partial charge on any atom is -0.380 e. The molecule has 14 heavy (non-hydrogen) atoms. The number of hydrogen-bond acceptors (Lipinski definition) is 3. The van der Waals surface area contributed by atoms with Crippen LogP contribution in [0.4, 0.5) is 8.78 Å². The fourth-order valence-electron chi connectivity index (χ4n) is 1.12. The van der Waals surface area contributed by atoms with E-state index in [2.05, 4.69) is 4.98 Å². The monoisotopic (exact) mass is 202 g/mol. The minimum atomic E-state index is -0.831. The fourth-order valence-corrected chi connectivity index (χ4v) is 1.12. The van der Waals surface area contributed by atoms with E-state index in [4.69, 9.17) is 10.5 Å². The van der Waals surface area contributed by atoms with E-state index < -0.39 is 23.8 Å². The standard InChI is InChI=1S/C9H12F2N2O/c1-5(14-2)9(12)8-6(10)3-13-4-7(8)11/h3-5,9H,12H2,1-2H3. The Hall–Kier alpha value is -1.07. The smallest absolute Gasteiger partial charge is 0.149 e. The van der Waals surface area contributed by atoms with Crippen molar-refractivity contribution in [1.82, 2.24) is 4.98 Å². The van der Waals surface area contributed by atoms with E-state index in [1.807, 2.05) is 0 Å². The highest BCUT2D eigenvalue weighted by atomic mass is 19.1. The molecule has 1 heterocycles. The van der Waals surface area contributed by atoms with Gasteiger partial charge in [0.1, 0.15) is 11.6 Å². The zero-order valence-electron chi connectivity index (χ0n) is 8.00. The number of ether oxygens (including phenoxy) is 1. The van der Waals surface area contributed by atoms with Gasteiger partial charge in [0, 0.05) is 12.7 Å². The van der Waals surface area contributed by atoms with Gasteiger partial charge in [0.25, 0.3) is 0 Å². The van der Waals surface area contributed by atoms with Crippen molar-refractivity contribution in [2.45, 2.75) is 19.1 Å². The lowest BCUT2D eigenvalue weighted by Crippen LogP contribution is -2.27. The van der Waals surface area contributed by atoms with Gasteiger partial charge in [0.2, 0.25) is 0 Å². The highest BCUT2D eigenvalue weighted by Gasteiger charge is 2.21. The van der Waals surface area contributed by atoms with Gasteiger partial charge in [0.15, 0.2) is 0 Å². The van der Waals surface area contributed by atoms with E-state index in [1.165, 1.54) is 7.11 Å². The first-order chi connectivity index (χ1) is 6.57. The van der Waals surface area contributed by atoms with Crippen LogP contribution in [-0.4, -0.2) is 18.2 Å². The molecule has 1 aromatic heterocycles. The lowest BCUT2D eigenvalue weighted by molar-refractivity contribution is 0.0933. The van der Waals surface area contributed by atoms with Crippen LogP contribution < -0.4 is 5.73 Å². The molecule has 1 aromatic rings. The van der Waals surface area contributed by atoms with E-state index in [-0.39, 0.29) is 5.56 Å². The molecule has 78 valence electrons. The van der Waals surface area contributed by atoms with E-state index in [0.717, 1.165) is 12.4 Å².